The van der Waals surface area contributed by atoms with Gasteiger partial charge in [0.1, 0.15) is 18.1 Å². The van der Waals surface area contributed by atoms with E-state index in [0.717, 1.165) is 22.4 Å². The Bertz CT molecular complexity index is 1000. The minimum absolute atomic E-state index is 0.193. The van der Waals surface area contributed by atoms with Crippen LogP contribution < -0.4 is 14.9 Å². The van der Waals surface area contributed by atoms with Crippen molar-refractivity contribution in [2.75, 3.05) is 6.61 Å². The SMILES string of the molecule is CCOc1ccc(CC(=O)N/N=C\c2cccc(OCc3ccccc3Cl)c2)cc1. The van der Waals surface area contributed by atoms with Gasteiger partial charge in [-0.05, 0) is 48.4 Å². The Labute approximate surface area is 181 Å². The van der Waals surface area contributed by atoms with E-state index in [1.54, 1.807) is 6.21 Å². The molecule has 1 N–H and O–H groups in total. The maximum absolute atomic E-state index is 12.1. The van der Waals surface area contributed by atoms with E-state index in [9.17, 15) is 4.79 Å². The van der Waals surface area contributed by atoms with Crippen LogP contribution in [0, 0.1) is 0 Å². The molecule has 0 saturated carbocycles. The molecule has 0 unspecified atom stereocenters. The molecule has 0 aromatic heterocycles. The fourth-order valence-electron chi connectivity index (χ4n) is 2.74. The van der Waals surface area contributed by atoms with Gasteiger partial charge in [0, 0.05) is 10.6 Å². The fourth-order valence-corrected chi connectivity index (χ4v) is 2.93. The summed E-state index contributed by atoms with van der Waals surface area (Å²) in [4.78, 5) is 12.1. The summed E-state index contributed by atoms with van der Waals surface area (Å²) in [6, 6.07) is 22.5. The van der Waals surface area contributed by atoms with Gasteiger partial charge in [0.2, 0.25) is 5.91 Å². The highest BCUT2D eigenvalue weighted by atomic mass is 35.5. The zero-order valence-corrected chi connectivity index (χ0v) is 17.4. The number of nitrogens with zero attached hydrogens (tertiary/aromatic N) is 1. The summed E-state index contributed by atoms with van der Waals surface area (Å²) in [6.07, 6.45) is 1.82. The summed E-state index contributed by atoms with van der Waals surface area (Å²) < 4.78 is 11.2. The number of carbonyl (C=O) groups is 1. The van der Waals surface area contributed by atoms with E-state index in [2.05, 4.69) is 10.5 Å². The average molecular weight is 423 g/mol. The van der Waals surface area contributed by atoms with Crippen molar-refractivity contribution in [3.05, 3.63) is 94.5 Å². The van der Waals surface area contributed by atoms with Crippen LogP contribution in [-0.2, 0) is 17.8 Å². The smallest absolute Gasteiger partial charge is 0.244 e. The van der Waals surface area contributed by atoms with Crippen molar-refractivity contribution in [3.63, 3.8) is 0 Å². The first-order valence-corrected chi connectivity index (χ1v) is 10.0. The first-order valence-electron chi connectivity index (χ1n) is 9.64. The van der Waals surface area contributed by atoms with E-state index < -0.39 is 0 Å². The van der Waals surface area contributed by atoms with Crippen LogP contribution in [0.1, 0.15) is 23.6 Å². The van der Waals surface area contributed by atoms with E-state index >= 15 is 0 Å². The fraction of sp³-hybridized carbons (Fsp3) is 0.167. The van der Waals surface area contributed by atoms with Crippen molar-refractivity contribution in [2.45, 2.75) is 20.0 Å². The zero-order valence-electron chi connectivity index (χ0n) is 16.7. The molecule has 5 nitrogen and oxygen atoms in total. The molecule has 0 aliphatic heterocycles. The highest BCUT2D eigenvalue weighted by Crippen LogP contribution is 2.19. The maximum Gasteiger partial charge on any atom is 0.244 e. The van der Waals surface area contributed by atoms with Crippen molar-refractivity contribution >= 4 is 23.7 Å². The summed E-state index contributed by atoms with van der Waals surface area (Å²) >= 11 is 6.15. The van der Waals surface area contributed by atoms with Gasteiger partial charge >= 0.3 is 0 Å². The second-order valence-electron chi connectivity index (χ2n) is 6.50. The Balaban J connectivity index is 1.50. The van der Waals surface area contributed by atoms with Crippen LogP contribution in [0.5, 0.6) is 11.5 Å². The number of hydrogen-bond acceptors (Lipinski definition) is 4. The molecule has 6 heteroatoms. The molecule has 0 fully saturated rings. The predicted molar refractivity (Wildman–Crippen MR) is 119 cm³/mol. The van der Waals surface area contributed by atoms with Gasteiger partial charge in [0.05, 0.1) is 19.2 Å². The summed E-state index contributed by atoms with van der Waals surface area (Å²) in [7, 11) is 0. The highest BCUT2D eigenvalue weighted by molar-refractivity contribution is 6.31. The summed E-state index contributed by atoms with van der Waals surface area (Å²) in [5.41, 5.74) is 5.16. The van der Waals surface area contributed by atoms with Gasteiger partial charge in [-0.2, -0.15) is 5.10 Å². The number of carbonyl (C=O) groups excluding carboxylic acids is 1. The Morgan fingerprint density at radius 1 is 1.00 bits per heavy atom. The summed E-state index contributed by atoms with van der Waals surface area (Å²) in [6.45, 7) is 2.92. The molecule has 1 amide bonds. The van der Waals surface area contributed by atoms with Crippen molar-refractivity contribution in [1.82, 2.24) is 5.43 Å². The topological polar surface area (TPSA) is 59.9 Å². The van der Waals surface area contributed by atoms with Gasteiger partial charge in [0.15, 0.2) is 0 Å². The van der Waals surface area contributed by atoms with Gasteiger partial charge < -0.3 is 9.47 Å². The van der Waals surface area contributed by atoms with E-state index in [1.807, 2.05) is 79.7 Å². The maximum atomic E-state index is 12.1. The number of hydrogen-bond donors (Lipinski definition) is 1. The van der Waals surface area contributed by atoms with Crippen LogP contribution in [0.3, 0.4) is 0 Å². The Kier molecular flexibility index (Phi) is 7.86. The molecular formula is C24H23ClN2O3. The Morgan fingerprint density at radius 3 is 2.57 bits per heavy atom. The van der Waals surface area contributed by atoms with Crippen molar-refractivity contribution in [2.24, 2.45) is 5.10 Å². The largest absolute Gasteiger partial charge is 0.494 e. The number of ether oxygens (including phenoxy) is 2. The molecule has 0 bridgehead atoms. The molecule has 0 aliphatic carbocycles. The molecule has 0 spiro atoms. The summed E-state index contributed by atoms with van der Waals surface area (Å²) in [5.74, 6) is 1.29. The van der Waals surface area contributed by atoms with Gasteiger partial charge in [-0.3, -0.25) is 4.79 Å². The van der Waals surface area contributed by atoms with Crippen LogP contribution in [-0.4, -0.2) is 18.7 Å². The van der Waals surface area contributed by atoms with Gasteiger partial charge in [-0.1, -0.05) is 54.1 Å². The number of amides is 1. The molecule has 154 valence electrons. The molecule has 0 saturated heterocycles. The second kappa shape index (κ2) is 11.0. The second-order valence-corrected chi connectivity index (χ2v) is 6.91. The number of benzene rings is 3. The molecular weight excluding hydrogens is 400 g/mol. The lowest BCUT2D eigenvalue weighted by atomic mass is 10.1. The number of halogens is 1. The van der Waals surface area contributed by atoms with Gasteiger partial charge in [-0.15, -0.1) is 0 Å². The van der Waals surface area contributed by atoms with E-state index in [4.69, 9.17) is 21.1 Å². The van der Waals surface area contributed by atoms with Crippen molar-refractivity contribution in [1.29, 1.82) is 0 Å². The van der Waals surface area contributed by atoms with E-state index in [0.29, 0.717) is 24.0 Å². The number of hydrazone groups is 1. The lowest BCUT2D eigenvalue weighted by molar-refractivity contribution is -0.120. The van der Waals surface area contributed by atoms with Crippen LogP contribution in [0.25, 0.3) is 0 Å². The van der Waals surface area contributed by atoms with Crippen molar-refractivity contribution in [3.8, 4) is 11.5 Å². The third kappa shape index (κ3) is 6.64. The summed E-state index contributed by atoms with van der Waals surface area (Å²) in [5, 5.41) is 4.70. The molecule has 0 atom stereocenters. The minimum atomic E-state index is -0.193. The van der Waals surface area contributed by atoms with Crippen LogP contribution in [0.4, 0.5) is 0 Å². The van der Waals surface area contributed by atoms with Gasteiger partial charge in [0.25, 0.3) is 0 Å². The first-order chi connectivity index (χ1) is 14.6. The normalized spacial score (nSPS) is 10.7. The monoisotopic (exact) mass is 422 g/mol. The minimum Gasteiger partial charge on any atom is -0.494 e. The molecule has 0 heterocycles. The average Bonchev–Trinajstić information content (AvgIpc) is 2.75. The predicted octanol–water partition coefficient (Wildman–Crippen LogP) is 5.01. The lowest BCUT2D eigenvalue weighted by Gasteiger charge is -2.08. The third-order valence-electron chi connectivity index (χ3n) is 4.21. The van der Waals surface area contributed by atoms with Crippen molar-refractivity contribution < 1.29 is 14.3 Å². The van der Waals surface area contributed by atoms with E-state index in [1.165, 1.54) is 0 Å². The molecule has 3 rings (SSSR count). The highest BCUT2D eigenvalue weighted by Gasteiger charge is 2.03. The number of rotatable bonds is 9. The Morgan fingerprint density at radius 2 is 1.80 bits per heavy atom. The van der Waals surface area contributed by atoms with Crippen LogP contribution >= 0.6 is 11.6 Å². The van der Waals surface area contributed by atoms with Gasteiger partial charge in [-0.25, -0.2) is 5.43 Å². The first kappa shape index (κ1) is 21.4. The third-order valence-corrected chi connectivity index (χ3v) is 4.58. The van der Waals surface area contributed by atoms with Crippen LogP contribution in [0.2, 0.25) is 5.02 Å². The van der Waals surface area contributed by atoms with Crippen LogP contribution in [0.15, 0.2) is 77.9 Å². The number of nitrogens with one attached hydrogen (secondary N) is 1. The Hall–Kier alpha value is -3.31. The molecule has 3 aromatic carbocycles. The molecule has 3 aromatic rings. The quantitative estimate of drug-likeness (QED) is 0.389. The zero-order chi connectivity index (χ0) is 21.2. The molecule has 0 aliphatic rings. The molecule has 30 heavy (non-hydrogen) atoms. The molecule has 0 radical (unpaired) electrons. The standard InChI is InChI=1S/C24H23ClN2O3/c1-2-29-21-12-10-18(11-13-21)15-24(28)27-26-16-19-6-5-8-22(14-19)30-17-20-7-3-4-9-23(20)25/h3-14,16H,2,15,17H2,1H3,(H,27,28)/b26-16-. The van der Waals surface area contributed by atoms with E-state index in [-0.39, 0.29) is 12.3 Å². The lowest BCUT2D eigenvalue weighted by Crippen LogP contribution is -2.19.